The second-order valence-electron chi connectivity index (χ2n) is 6.30. The van der Waals surface area contributed by atoms with Crippen molar-refractivity contribution in [2.75, 3.05) is 52.6 Å². The summed E-state index contributed by atoms with van der Waals surface area (Å²) in [6.45, 7) is 6.54. The zero-order valence-electron chi connectivity index (χ0n) is 14.4. The summed E-state index contributed by atoms with van der Waals surface area (Å²) in [5.41, 5.74) is 6.25. The third-order valence-corrected chi connectivity index (χ3v) is 4.41. The Morgan fingerprint density at radius 1 is 1.43 bits per heavy atom. The van der Waals surface area contributed by atoms with E-state index in [9.17, 15) is 4.79 Å². The largest absolute Gasteiger partial charge is 0.383 e. The van der Waals surface area contributed by atoms with Gasteiger partial charge in [-0.25, -0.2) is 9.97 Å². The number of likely N-dealkylation sites (N-methyl/N-ethyl adjacent to an activating group) is 2. The molecular formula is C16H28N6O. The summed E-state index contributed by atoms with van der Waals surface area (Å²) >= 11 is 0. The number of rotatable bonds is 7. The zero-order chi connectivity index (χ0) is 16.8. The molecule has 0 radical (unpaired) electrons. The molecule has 0 aromatic carbocycles. The molecule has 0 spiro atoms. The minimum absolute atomic E-state index is 0.0760. The van der Waals surface area contributed by atoms with Crippen molar-refractivity contribution in [3.8, 4) is 0 Å². The van der Waals surface area contributed by atoms with E-state index >= 15 is 0 Å². The van der Waals surface area contributed by atoms with Crippen molar-refractivity contribution < 1.29 is 4.79 Å². The lowest BCUT2D eigenvalue weighted by molar-refractivity contribution is 0.0695. The first kappa shape index (κ1) is 17.6. The van der Waals surface area contributed by atoms with E-state index in [0.717, 1.165) is 32.6 Å². The molecule has 7 heteroatoms. The van der Waals surface area contributed by atoms with Crippen LogP contribution in [0.5, 0.6) is 0 Å². The Morgan fingerprint density at radius 3 is 2.87 bits per heavy atom. The number of hydrogen-bond acceptors (Lipinski definition) is 6. The van der Waals surface area contributed by atoms with Crippen molar-refractivity contribution >= 4 is 11.7 Å². The fourth-order valence-electron chi connectivity index (χ4n) is 3.04. The molecule has 1 atom stereocenters. The predicted molar refractivity (Wildman–Crippen MR) is 91.2 cm³/mol. The number of carbonyl (C=O) groups excluding carboxylic acids is 1. The van der Waals surface area contributed by atoms with Gasteiger partial charge in [0.25, 0.3) is 5.91 Å². The van der Waals surface area contributed by atoms with Crippen molar-refractivity contribution in [2.45, 2.75) is 25.8 Å². The Hall–Kier alpha value is -1.73. The minimum Gasteiger partial charge on any atom is -0.383 e. The first-order valence-corrected chi connectivity index (χ1v) is 8.26. The number of nitrogen functional groups attached to an aromatic ring is 1. The molecule has 7 nitrogen and oxygen atoms in total. The quantitative estimate of drug-likeness (QED) is 0.790. The highest BCUT2D eigenvalue weighted by molar-refractivity contribution is 5.98. The number of likely N-dealkylation sites (tertiary alicyclic amines) is 1. The van der Waals surface area contributed by atoms with Gasteiger partial charge in [0.1, 0.15) is 12.1 Å². The standard InChI is InChI=1S/C16H28N6O/c1-4-21-7-5-6-13(21)11-22(9-8-20(2)3)16(23)14-10-18-12-19-15(14)17/h10,12-13H,4-9,11H2,1-3H3,(H2,17,18,19). The Kier molecular flexibility index (Phi) is 6.29. The molecule has 1 amide bonds. The summed E-state index contributed by atoms with van der Waals surface area (Å²) in [4.78, 5) is 27.2. The van der Waals surface area contributed by atoms with Crippen LogP contribution in [0.2, 0.25) is 0 Å². The normalized spacial score (nSPS) is 18.5. The second-order valence-corrected chi connectivity index (χ2v) is 6.30. The maximum atomic E-state index is 12.9. The van der Waals surface area contributed by atoms with Gasteiger partial charge in [-0.1, -0.05) is 6.92 Å². The molecule has 23 heavy (non-hydrogen) atoms. The predicted octanol–water partition coefficient (Wildman–Crippen LogP) is 0.547. The fourth-order valence-corrected chi connectivity index (χ4v) is 3.04. The summed E-state index contributed by atoms with van der Waals surface area (Å²) in [6, 6.07) is 0.428. The molecule has 0 bridgehead atoms. The zero-order valence-corrected chi connectivity index (χ0v) is 14.4. The van der Waals surface area contributed by atoms with E-state index in [1.165, 1.54) is 18.9 Å². The van der Waals surface area contributed by atoms with Crippen LogP contribution in [0.1, 0.15) is 30.1 Å². The Bertz CT molecular complexity index is 521. The number of hydrogen-bond donors (Lipinski definition) is 1. The van der Waals surface area contributed by atoms with E-state index in [1.807, 2.05) is 19.0 Å². The topological polar surface area (TPSA) is 78.6 Å². The number of aromatic nitrogens is 2. The summed E-state index contributed by atoms with van der Waals surface area (Å²) in [5, 5.41) is 0. The van der Waals surface area contributed by atoms with Gasteiger partial charge in [-0.2, -0.15) is 0 Å². The van der Waals surface area contributed by atoms with Gasteiger partial charge in [0.15, 0.2) is 0 Å². The van der Waals surface area contributed by atoms with E-state index in [1.54, 1.807) is 0 Å². The average Bonchev–Trinajstić information content (AvgIpc) is 2.98. The molecule has 0 saturated carbocycles. The van der Waals surface area contributed by atoms with Crippen LogP contribution in [-0.4, -0.2) is 83.4 Å². The summed E-state index contributed by atoms with van der Waals surface area (Å²) in [7, 11) is 4.02. The van der Waals surface area contributed by atoms with Gasteiger partial charge < -0.3 is 15.5 Å². The molecule has 2 N–H and O–H groups in total. The summed E-state index contributed by atoms with van der Waals surface area (Å²) < 4.78 is 0. The lowest BCUT2D eigenvalue weighted by Gasteiger charge is -2.31. The molecule has 0 aliphatic carbocycles. The second kappa shape index (κ2) is 8.21. The Morgan fingerprint density at radius 2 is 2.22 bits per heavy atom. The Balaban J connectivity index is 2.13. The molecule has 2 rings (SSSR count). The highest BCUT2D eigenvalue weighted by Gasteiger charge is 2.28. The molecule has 1 aromatic heterocycles. The first-order valence-electron chi connectivity index (χ1n) is 8.26. The molecule has 1 fully saturated rings. The van der Waals surface area contributed by atoms with Gasteiger partial charge in [-0.05, 0) is 40.0 Å². The lowest BCUT2D eigenvalue weighted by atomic mass is 10.1. The van der Waals surface area contributed by atoms with Crippen LogP contribution >= 0.6 is 0 Å². The molecule has 1 aliphatic rings. The monoisotopic (exact) mass is 320 g/mol. The fraction of sp³-hybridized carbons (Fsp3) is 0.688. The average molecular weight is 320 g/mol. The molecule has 2 heterocycles. The van der Waals surface area contributed by atoms with Gasteiger partial charge in [-0.15, -0.1) is 0 Å². The van der Waals surface area contributed by atoms with Crippen molar-refractivity contribution in [1.82, 2.24) is 24.7 Å². The first-order chi connectivity index (χ1) is 11.0. The number of nitrogens with zero attached hydrogens (tertiary/aromatic N) is 5. The number of anilines is 1. The van der Waals surface area contributed by atoms with Crippen LogP contribution in [0, 0.1) is 0 Å². The molecule has 1 unspecified atom stereocenters. The third kappa shape index (κ3) is 4.62. The van der Waals surface area contributed by atoms with Crippen LogP contribution in [-0.2, 0) is 0 Å². The molecular weight excluding hydrogens is 292 g/mol. The summed E-state index contributed by atoms with van der Waals surface area (Å²) in [6.07, 6.45) is 5.22. The van der Waals surface area contributed by atoms with Crippen LogP contribution in [0.25, 0.3) is 0 Å². The highest BCUT2D eigenvalue weighted by Crippen LogP contribution is 2.19. The van der Waals surface area contributed by atoms with Gasteiger partial charge in [0, 0.05) is 31.9 Å². The lowest BCUT2D eigenvalue weighted by Crippen LogP contribution is -2.45. The van der Waals surface area contributed by atoms with E-state index in [2.05, 4.69) is 26.7 Å². The van der Waals surface area contributed by atoms with Crippen LogP contribution in [0.15, 0.2) is 12.5 Å². The summed E-state index contributed by atoms with van der Waals surface area (Å²) in [5.74, 6) is 0.173. The maximum absolute atomic E-state index is 12.9. The van der Waals surface area contributed by atoms with Crippen LogP contribution in [0.3, 0.4) is 0 Å². The molecule has 1 aromatic rings. The van der Waals surface area contributed by atoms with Gasteiger partial charge in [0.2, 0.25) is 0 Å². The van der Waals surface area contributed by atoms with E-state index in [0.29, 0.717) is 18.2 Å². The minimum atomic E-state index is -0.0760. The van der Waals surface area contributed by atoms with Crippen LogP contribution < -0.4 is 5.73 Å². The van der Waals surface area contributed by atoms with E-state index in [-0.39, 0.29) is 11.7 Å². The molecule has 1 aliphatic heterocycles. The maximum Gasteiger partial charge on any atom is 0.259 e. The SMILES string of the molecule is CCN1CCCC1CN(CCN(C)C)C(=O)c1cncnc1N. The van der Waals surface area contributed by atoms with Gasteiger partial charge in [0.05, 0.1) is 5.56 Å². The number of carbonyl (C=O) groups is 1. The highest BCUT2D eigenvalue weighted by atomic mass is 16.2. The van der Waals surface area contributed by atoms with E-state index in [4.69, 9.17) is 5.73 Å². The Labute approximate surface area is 138 Å². The van der Waals surface area contributed by atoms with Crippen LogP contribution in [0.4, 0.5) is 5.82 Å². The molecule has 128 valence electrons. The van der Waals surface area contributed by atoms with Crippen molar-refractivity contribution in [3.05, 3.63) is 18.1 Å². The number of nitrogens with two attached hydrogens (primary N) is 1. The third-order valence-electron chi connectivity index (χ3n) is 4.41. The van der Waals surface area contributed by atoms with Crippen molar-refractivity contribution in [3.63, 3.8) is 0 Å². The van der Waals surface area contributed by atoms with Crippen molar-refractivity contribution in [2.24, 2.45) is 0 Å². The smallest absolute Gasteiger partial charge is 0.259 e. The van der Waals surface area contributed by atoms with Crippen molar-refractivity contribution in [1.29, 1.82) is 0 Å². The van der Waals surface area contributed by atoms with E-state index < -0.39 is 0 Å². The van der Waals surface area contributed by atoms with Gasteiger partial charge in [-0.3, -0.25) is 9.69 Å². The number of amides is 1. The van der Waals surface area contributed by atoms with Gasteiger partial charge >= 0.3 is 0 Å². The molecule has 1 saturated heterocycles.